The molecule has 15 heteroatoms. The number of guanidine groups is 1. The Bertz CT molecular complexity index is 1010. The van der Waals surface area contributed by atoms with E-state index in [-0.39, 0.29) is 50.4 Å². The number of amides is 3. The maximum Gasteiger partial charge on any atom is 0.326 e. The van der Waals surface area contributed by atoms with Crippen LogP contribution in [0.5, 0.6) is 5.75 Å². The van der Waals surface area contributed by atoms with Gasteiger partial charge in [-0.15, -0.1) is 0 Å². The number of aliphatic carboxylic acids is 2. The standard InChI is InChI=1S/C23H35N7O8/c1-12(19(34)30-17(22(37)38)11-13-4-6-14(31)7-5-13)28-21(36)16(3-2-10-27-23(25)26)29-20(35)15(24)8-9-18(32)33/h4-7,12,15-17,31H,2-3,8-11,24H2,1H3,(H,28,36)(H,29,35)(H,30,34)(H,32,33)(H,37,38)(H4,25,26,27). The van der Waals surface area contributed by atoms with Gasteiger partial charge in [0.2, 0.25) is 17.7 Å². The van der Waals surface area contributed by atoms with Gasteiger partial charge in [0.05, 0.1) is 6.04 Å². The third kappa shape index (κ3) is 12.0. The number of phenols is 1. The van der Waals surface area contributed by atoms with Gasteiger partial charge >= 0.3 is 11.9 Å². The number of hydrogen-bond acceptors (Lipinski definition) is 8. The van der Waals surface area contributed by atoms with E-state index in [9.17, 15) is 34.2 Å². The van der Waals surface area contributed by atoms with Crippen molar-refractivity contribution in [3.8, 4) is 5.75 Å². The summed E-state index contributed by atoms with van der Waals surface area (Å²) in [4.78, 5) is 64.1. The minimum absolute atomic E-state index is 0.00350. The summed E-state index contributed by atoms with van der Waals surface area (Å²) in [5.41, 5.74) is 16.8. The zero-order valence-corrected chi connectivity index (χ0v) is 20.9. The number of phenolic OH excluding ortho intramolecular Hbond substituents is 1. The smallest absolute Gasteiger partial charge is 0.326 e. The number of nitrogens with one attached hydrogen (secondary N) is 3. The molecular weight excluding hydrogens is 502 g/mol. The quantitative estimate of drug-likeness (QED) is 0.0616. The Morgan fingerprint density at radius 3 is 2.05 bits per heavy atom. The van der Waals surface area contributed by atoms with Crippen molar-refractivity contribution >= 4 is 35.6 Å². The maximum atomic E-state index is 12.9. The Balaban J connectivity index is 2.84. The van der Waals surface area contributed by atoms with Crippen molar-refractivity contribution < 1.29 is 39.3 Å². The van der Waals surface area contributed by atoms with Gasteiger partial charge in [-0.25, -0.2) is 4.79 Å². The second-order valence-corrected chi connectivity index (χ2v) is 8.55. The average Bonchev–Trinajstić information content (AvgIpc) is 2.84. The molecule has 0 bridgehead atoms. The number of carbonyl (C=O) groups excluding carboxylic acids is 3. The number of aromatic hydroxyl groups is 1. The van der Waals surface area contributed by atoms with Crippen molar-refractivity contribution in [2.75, 3.05) is 6.54 Å². The number of nitrogens with two attached hydrogens (primary N) is 3. The Hall–Kier alpha value is -4.40. The minimum atomic E-state index is -1.31. The minimum Gasteiger partial charge on any atom is -0.508 e. The number of benzene rings is 1. The molecule has 0 aliphatic carbocycles. The topological polar surface area (TPSA) is 273 Å². The normalized spacial score (nSPS) is 13.7. The summed E-state index contributed by atoms with van der Waals surface area (Å²) in [7, 11) is 0. The molecule has 12 N–H and O–H groups in total. The largest absolute Gasteiger partial charge is 0.508 e. The molecule has 0 saturated heterocycles. The van der Waals surface area contributed by atoms with Crippen LogP contribution >= 0.6 is 0 Å². The lowest BCUT2D eigenvalue weighted by Crippen LogP contribution is -2.56. The summed E-state index contributed by atoms with van der Waals surface area (Å²) < 4.78 is 0. The molecule has 15 nitrogen and oxygen atoms in total. The fourth-order valence-corrected chi connectivity index (χ4v) is 3.21. The molecule has 38 heavy (non-hydrogen) atoms. The second-order valence-electron chi connectivity index (χ2n) is 8.55. The predicted octanol–water partition coefficient (Wildman–Crippen LogP) is -2.26. The second kappa shape index (κ2) is 15.7. The van der Waals surface area contributed by atoms with Crippen molar-refractivity contribution in [1.82, 2.24) is 16.0 Å². The Labute approximate surface area is 218 Å². The third-order valence-corrected chi connectivity index (χ3v) is 5.33. The molecular formula is C23H35N7O8. The highest BCUT2D eigenvalue weighted by Crippen LogP contribution is 2.11. The van der Waals surface area contributed by atoms with Crippen LogP contribution in [0.1, 0.15) is 38.2 Å². The maximum absolute atomic E-state index is 12.9. The molecule has 0 aliphatic heterocycles. The molecule has 0 fully saturated rings. The number of nitrogens with zero attached hydrogens (tertiary/aromatic N) is 1. The van der Waals surface area contributed by atoms with Crippen LogP contribution in [-0.2, 0) is 30.4 Å². The molecule has 0 aliphatic rings. The van der Waals surface area contributed by atoms with Gasteiger partial charge in [-0.2, -0.15) is 0 Å². The third-order valence-electron chi connectivity index (χ3n) is 5.33. The first-order valence-electron chi connectivity index (χ1n) is 11.7. The van der Waals surface area contributed by atoms with Crippen LogP contribution in [0.4, 0.5) is 0 Å². The number of carboxylic acid groups (broad SMARTS) is 2. The number of hydrogen-bond donors (Lipinski definition) is 9. The summed E-state index contributed by atoms with van der Waals surface area (Å²) >= 11 is 0. The van der Waals surface area contributed by atoms with E-state index >= 15 is 0 Å². The van der Waals surface area contributed by atoms with Gasteiger partial charge in [0.15, 0.2) is 5.96 Å². The molecule has 4 atom stereocenters. The molecule has 0 heterocycles. The van der Waals surface area contributed by atoms with E-state index < -0.39 is 53.8 Å². The molecule has 210 valence electrons. The van der Waals surface area contributed by atoms with E-state index in [1.54, 1.807) is 0 Å². The van der Waals surface area contributed by atoms with E-state index in [0.717, 1.165) is 0 Å². The summed E-state index contributed by atoms with van der Waals surface area (Å²) in [6.07, 6.45) is -0.233. The highest BCUT2D eigenvalue weighted by atomic mass is 16.4. The molecule has 0 aromatic heterocycles. The van der Waals surface area contributed by atoms with Gasteiger partial charge < -0.3 is 48.5 Å². The lowest BCUT2D eigenvalue weighted by Gasteiger charge is -2.23. The first-order valence-corrected chi connectivity index (χ1v) is 11.7. The molecule has 1 rings (SSSR count). The van der Waals surface area contributed by atoms with Gasteiger partial charge in [-0.1, -0.05) is 12.1 Å². The number of aliphatic imine (C=N–C) groups is 1. The first-order chi connectivity index (χ1) is 17.8. The van der Waals surface area contributed by atoms with E-state index in [4.69, 9.17) is 22.3 Å². The van der Waals surface area contributed by atoms with Crippen molar-refractivity contribution in [3.63, 3.8) is 0 Å². The Kier molecular flexibility index (Phi) is 13.0. The van der Waals surface area contributed by atoms with Gasteiger partial charge in [-0.05, 0) is 43.9 Å². The number of carboxylic acids is 2. The van der Waals surface area contributed by atoms with Crippen LogP contribution in [0.3, 0.4) is 0 Å². The van der Waals surface area contributed by atoms with E-state index in [1.165, 1.54) is 31.2 Å². The van der Waals surface area contributed by atoms with E-state index in [2.05, 4.69) is 20.9 Å². The van der Waals surface area contributed by atoms with Crippen LogP contribution in [0.15, 0.2) is 29.3 Å². The van der Waals surface area contributed by atoms with Crippen LogP contribution in [0.25, 0.3) is 0 Å². The lowest BCUT2D eigenvalue weighted by molar-refractivity contribution is -0.142. The molecule has 4 unspecified atom stereocenters. The summed E-state index contributed by atoms with van der Waals surface area (Å²) in [6, 6.07) is 0.961. The van der Waals surface area contributed by atoms with Crippen LogP contribution < -0.4 is 33.2 Å². The lowest BCUT2D eigenvalue weighted by atomic mass is 10.1. The SMILES string of the molecule is CC(NC(=O)C(CCCN=C(N)N)NC(=O)C(N)CCC(=O)O)C(=O)NC(Cc1ccc(O)cc1)C(=O)O. The molecule has 3 amide bonds. The predicted molar refractivity (Wildman–Crippen MR) is 136 cm³/mol. The average molecular weight is 538 g/mol. The Morgan fingerprint density at radius 1 is 0.895 bits per heavy atom. The molecule has 0 radical (unpaired) electrons. The van der Waals surface area contributed by atoms with Crippen LogP contribution in [-0.4, -0.2) is 81.7 Å². The monoisotopic (exact) mass is 537 g/mol. The highest BCUT2D eigenvalue weighted by Gasteiger charge is 2.28. The molecule has 1 aromatic carbocycles. The van der Waals surface area contributed by atoms with Crippen molar-refractivity contribution in [2.24, 2.45) is 22.2 Å². The number of rotatable bonds is 16. The molecule has 0 saturated carbocycles. The number of carbonyl (C=O) groups is 5. The van der Waals surface area contributed by atoms with E-state index in [1.807, 2.05) is 0 Å². The fourth-order valence-electron chi connectivity index (χ4n) is 3.21. The summed E-state index contributed by atoms with van der Waals surface area (Å²) in [5.74, 6) is -4.88. The highest BCUT2D eigenvalue weighted by molar-refractivity contribution is 5.94. The van der Waals surface area contributed by atoms with Crippen LogP contribution in [0.2, 0.25) is 0 Å². The van der Waals surface area contributed by atoms with Gasteiger partial charge in [0.25, 0.3) is 0 Å². The van der Waals surface area contributed by atoms with Crippen molar-refractivity contribution in [3.05, 3.63) is 29.8 Å². The Morgan fingerprint density at radius 2 is 1.50 bits per heavy atom. The van der Waals surface area contributed by atoms with Gasteiger partial charge in [0.1, 0.15) is 23.9 Å². The van der Waals surface area contributed by atoms with Crippen molar-refractivity contribution in [1.29, 1.82) is 0 Å². The van der Waals surface area contributed by atoms with Crippen LogP contribution in [0, 0.1) is 0 Å². The zero-order valence-electron chi connectivity index (χ0n) is 20.9. The fraction of sp³-hybridized carbons (Fsp3) is 0.478. The van der Waals surface area contributed by atoms with E-state index in [0.29, 0.717) is 5.56 Å². The molecule has 0 spiro atoms. The van der Waals surface area contributed by atoms with Crippen molar-refractivity contribution in [2.45, 2.75) is 63.2 Å². The molecule has 1 aromatic rings. The zero-order chi connectivity index (χ0) is 28.8. The summed E-state index contributed by atoms with van der Waals surface area (Å²) in [5, 5.41) is 34.9. The summed E-state index contributed by atoms with van der Waals surface area (Å²) in [6.45, 7) is 1.49. The van der Waals surface area contributed by atoms with Gasteiger partial charge in [-0.3, -0.25) is 24.2 Å². The first kappa shape index (κ1) is 31.6. The van der Waals surface area contributed by atoms with Gasteiger partial charge in [0, 0.05) is 19.4 Å².